The molecular weight excluding hydrogens is 399 g/mol. The highest BCUT2D eigenvalue weighted by Crippen LogP contribution is 2.30. The van der Waals surface area contributed by atoms with Gasteiger partial charge in [-0.2, -0.15) is 13.2 Å². The van der Waals surface area contributed by atoms with E-state index in [1.54, 1.807) is 20.8 Å². The van der Waals surface area contributed by atoms with Crippen LogP contribution < -0.4 is 10.9 Å². The zero-order valence-corrected chi connectivity index (χ0v) is 16.7. The van der Waals surface area contributed by atoms with Gasteiger partial charge in [-0.25, -0.2) is 9.97 Å². The summed E-state index contributed by atoms with van der Waals surface area (Å²) in [5, 5.41) is 11.0. The van der Waals surface area contributed by atoms with E-state index in [0.717, 1.165) is 12.1 Å². The van der Waals surface area contributed by atoms with Crippen LogP contribution in [0.5, 0.6) is 0 Å². The van der Waals surface area contributed by atoms with Gasteiger partial charge in [0.05, 0.1) is 5.56 Å². The molecule has 2 heterocycles. The van der Waals surface area contributed by atoms with E-state index in [1.807, 2.05) is 0 Å². The smallest absolute Gasteiger partial charge is 0.416 e. The highest BCUT2D eigenvalue weighted by atomic mass is 19.4. The van der Waals surface area contributed by atoms with Crippen LogP contribution in [0.1, 0.15) is 48.2 Å². The minimum absolute atomic E-state index is 0.00882. The topological polar surface area (TPSA) is 108 Å². The summed E-state index contributed by atoms with van der Waals surface area (Å²) < 4.78 is 43.8. The van der Waals surface area contributed by atoms with E-state index in [-0.39, 0.29) is 22.9 Å². The number of aromatic nitrogens is 3. The molecule has 0 fully saturated rings. The molecule has 30 heavy (non-hydrogen) atoms. The molecule has 7 nitrogen and oxygen atoms in total. The van der Waals surface area contributed by atoms with E-state index in [4.69, 9.17) is 9.83 Å². The second-order valence-electron chi connectivity index (χ2n) is 6.89. The van der Waals surface area contributed by atoms with E-state index in [0.29, 0.717) is 22.9 Å². The fraction of sp³-hybridized carbons (Fsp3) is 0.300. The fourth-order valence-corrected chi connectivity index (χ4v) is 3.04. The summed E-state index contributed by atoms with van der Waals surface area (Å²) >= 11 is 0. The van der Waals surface area contributed by atoms with Gasteiger partial charge in [-0.1, -0.05) is 12.1 Å². The molecule has 0 aliphatic heterocycles. The maximum atomic E-state index is 12.8. The number of benzene rings is 1. The largest absolute Gasteiger partial charge is 0.446 e. The maximum absolute atomic E-state index is 12.8. The number of hydrogen-bond donors (Lipinski definition) is 3. The fourth-order valence-electron chi connectivity index (χ4n) is 3.04. The van der Waals surface area contributed by atoms with Crippen molar-refractivity contribution >= 4 is 11.5 Å². The third-order valence-electron chi connectivity index (χ3n) is 4.51. The van der Waals surface area contributed by atoms with Gasteiger partial charge in [0.15, 0.2) is 11.7 Å². The molecule has 158 valence electrons. The van der Waals surface area contributed by atoms with E-state index in [2.05, 4.69) is 20.3 Å². The minimum Gasteiger partial charge on any atom is -0.446 e. The first kappa shape index (κ1) is 21.3. The zero-order chi connectivity index (χ0) is 22.2. The van der Waals surface area contributed by atoms with Crippen molar-refractivity contribution in [1.82, 2.24) is 15.0 Å². The van der Waals surface area contributed by atoms with Gasteiger partial charge in [-0.3, -0.25) is 4.79 Å². The molecular formula is C20H20F3N5O2. The van der Waals surface area contributed by atoms with Crippen LogP contribution in [-0.4, -0.2) is 20.7 Å². The number of aryl methyl sites for hydroxylation is 2. The van der Waals surface area contributed by atoms with Gasteiger partial charge in [0, 0.05) is 18.7 Å². The molecule has 1 unspecified atom stereocenters. The van der Waals surface area contributed by atoms with Gasteiger partial charge < -0.3 is 20.1 Å². The molecule has 2 aromatic heterocycles. The quantitative estimate of drug-likeness (QED) is 0.523. The number of H-pyrrole nitrogens is 1. The molecule has 3 aromatic rings. The Hall–Kier alpha value is -3.43. The van der Waals surface area contributed by atoms with Crippen molar-refractivity contribution in [3.63, 3.8) is 0 Å². The van der Waals surface area contributed by atoms with Gasteiger partial charge in [-0.15, -0.1) is 0 Å². The van der Waals surface area contributed by atoms with Crippen LogP contribution in [0, 0.1) is 19.3 Å². The number of nitrogens with one attached hydrogen (secondary N) is 3. The van der Waals surface area contributed by atoms with Crippen LogP contribution in [0.2, 0.25) is 0 Å². The lowest BCUT2D eigenvalue weighted by Gasteiger charge is -2.18. The Balaban J connectivity index is 2.00. The molecule has 0 aliphatic carbocycles. The Labute approximate surface area is 169 Å². The predicted octanol–water partition coefficient (Wildman–Crippen LogP) is 4.62. The first-order valence-corrected chi connectivity index (χ1v) is 9.05. The van der Waals surface area contributed by atoms with Crippen molar-refractivity contribution in [3.05, 3.63) is 63.0 Å². The van der Waals surface area contributed by atoms with Crippen molar-refractivity contribution < 1.29 is 17.6 Å². The van der Waals surface area contributed by atoms with Crippen LogP contribution >= 0.6 is 0 Å². The van der Waals surface area contributed by atoms with Crippen LogP contribution in [0.4, 0.5) is 19.0 Å². The number of nitrogens with zero attached hydrogens (tertiary/aromatic N) is 2. The van der Waals surface area contributed by atoms with Crippen LogP contribution in [-0.2, 0) is 6.18 Å². The van der Waals surface area contributed by atoms with Crippen LogP contribution in [0.3, 0.4) is 0 Å². The van der Waals surface area contributed by atoms with Crippen LogP contribution in [0.15, 0.2) is 33.5 Å². The predicted molar refractivity (Wildman–Crippen MR) is 106 cm³/mol. The molecule has 10 heteroatoms. The normalized spacial score (nSPS) is 12.6. The van der Waals surface area contributed by atoms with Gasteiger partial charge in [0.1, 0.15) is 22.8 Å². The second-order valence-corrected chi connectivity index (χ2v) is 6.89. The number of rotatable bonds is 5. The number of alkyl halides is 3. The summed E-state index contributed by atoms with van der Waals surface area (Å²) in [7, 11) is 0. The summed E-state index contributed by atoms with van der Waals surface area (Å²) in [6, 6.07) is 4.23. The highest BCUT2D eigenvalue weighted by molar-refractivity contribution is 6.00. The molecule has 0 bridgehead atoms. The minimum atomic E-state index is -4.42. The molecule has 0 spiro atoms. The van der Waals surface area contributed by atoms with Gasteiger partial charge in [0.2, 0.25) is 0 Å². The summed E-state index contributed by atoms with van der Waals surface area (Å²) in [4.78, 5) is 23.8. The SMILES string of the molecule is CC(=N)c1c(NC(C)c2ccc(C(F)(F)F)cc2)nc(-c2nc(C)oc2C)[nH]c1=O. The van der Waals surface area contributed by atoms with Crippen molar-refractivity contribution in [2.24, 2.45) is 0 Å². The van der Waals surface area contributed by atoms with E-state index in [1.165, 1.54) is 19.1 Å². The van der Waals surface area contributed by atoms with Crippen molar-refractivity contribution in [2.75, 3.05) is 5.32 Å². The summed E-state index contributed by atoms with van der Waals surface area (Å²) in [6.07, 6.45) is -4.42. The monoisotopic (exact) mass is 419 g/mol. The van der Waals surface area contributed by atoms with Gasteiger partial charge in [0.25, 0.3) is 5.56 Å². The average molecular weight is 419 g/mol. The molecule has 3 N–H and O–H groups in total. The lowest BCUT2D eigenvalue weighted by Crippen LogP contribution is -2.23. The second kappa shape index (κ2) is 7.77. The Kier molecular flexibility index (Phi) is 5.51. The molecule has 0 aliphatic rings. The zero-order valence-electron chi connectivity index (χ0n) is 16.7. The molecule has 3 rings (SSSR count). The maximum Gasteiger partial charge on any atom is 0.416 e. The number of halogens is 3. The first-order chi connectivity index (χ1) is 14.0. The third-order valence-corrected chi connectivity index (χ3v) is 4.51. The Morgan fingerprint density at radius 3 is 2.33 bits per heavy atom. The first-order valence-electron chi connectivity index (χ1n) is 9.05. The molecule has 0 amide bonds. The average Bonchev–Trinajstić information content (AvgIpc) is 2.98. The van der Waals surface area contributed by atoms with Gasteiger partial charge >= 0.3 is 6.18 Å². The van der Waals surface area contributed by atoms with Crippen LogP contribution in [0.25, 0.3) is 11.5 Å². The third kappa shape index (κ3) is 4.27. The van der Waals surface area contributed by atoms with E-state index >= 15 is 0 Å². The van der Waals surface area contributed by atoms with E-state index in [9.17, 15) is 18.0 Å². The Morgan fingerprint density at radius 2 is 1.83 bits per heavy atom. The summed E-state index contributed by atoms with van der Waals surface area (Å²) in [5.74, 6) is 1.18. The summed E-state index contributed by atoms with van der Waals surface area (Å²) in [5.41, 5.74) is -0.323. The number of aromatic amines is 1. The lowest BCUT2D eigenvalue weighted by molar-refractivity contribution is -0.137. The molecule has 0 radical (unpaired) electrons. The van der Waals surface area contributed by atoms with Crippen molar-refractivity contribution in [1.29, 1.82) is 5.41 Å². The summed E-state index contributed by atoms with van der Waals surface area (Å²) in [6.45, 7) is 6.52. The standard InChI is InChI=1S/C20H20F3N5O2/c1-9(24)15-17(25-10(2)13-5-7-14(8-6-13)20(21,22)23)27-18(28-19(15)29)16-11(3)30-12(4)26-16/h5-8,10,24H,1-4H3,(H2,25,27,28,29). The molecule has 0 saturated heterocycles. The van der Waals surface area contributed by atoms with E-state index < -0.39 is 23.3 Å². The Morgan fingerprint density at radius 1 is 1.20 bits per heavy atom. The number of hydrogen-bond acceptors (Lipinski definition) is 6. The number of anilines is 1. The molecule has 1 aromatic carbocycles. The number of oxazole rings is 1. The lowest BCUT2D eigenvalue weighted by atomic mass is 10.1. The van der Waals surface area contributed by atoms with Gasteiger partial charge in [-0.05, 0) is 38.5 Å². The Bertz CT molecular complexity index is 1150. The van der Waals surface area contributed by atoms with Crippen molar-refractivity contribution in [3.8, 4) is 11.5 Å². The van der Waals surface area contributed by atoms with Crippen molar-refractivity contribution in [2.45, 2.75) is 39.9 Å². The molecule has 0 saturated carbocycles. The highest BCUT2D eigenvalue weighted by Gasteiger charge is 2.30. The molecule has 1 atom stereocenters.